The second-order valence-electron chi connectivity index (χ2n) is 5.35. The number of rotatable bonds is 4. The largest absolute Gasteiger partial charge is 0.586 e. The molecule has 2 heterocycles. The molecule has 1 fully saturated rings. The Bertz CT molecular complexity index is 801. The summed E-state index contributed by atoms with van der Waals surface area (Å²) in [5, 5.41) is 3.70. The van der Waals surface area contributed by atoms with Crippen LogP contribution in [0.5, 0.6) is 11.5 Å². The average molecular weight is 339 g/mol. The standard InChI is InChI=1S/C15H11F2NO4S/c1-23-14-8(4-5-10-13(14)21-15(16,17)20-10)11(19)9-6-18-22-12(9)7-2-3-7/h4-7H,2-3H2,1H3. The third-order valence-corrected chi connectivity index (χ3v) is 4.58. The van der Waals surface area contributed by atoms with Gasteiger partial charge in [-0.15, -0.1) is 20.5 Å². The maximum Gasteiger partial charge on any atom is 0.586 e. The van der Waals surface area contributed by atoms with E-state index in [0.717, 1.165) is 24.6 Å². The quantitative estimate of drug-likeness (QED) is 0.623. The second-order valence-corrected chi connectivity index (χ2v) is 6.16. The number of nitrogens with zero attached hydrogens (tertiary/aromatic N) is 1. The highest BCUT2D eigenvalue weighted by Crippen LogP contribution is 2.49. The summed E-state index contributed by atoms with van der Waals surface area (Å²) in [5.41, 5.74) is 0.635. The molecule has 1 aliphatic carbocycles. The molecule has 0 amide bonds. The van der Waals surface area contributed by atoms with E-state index in [1.807, 2.05) is 0 Å². The van der Waals surface area contributed by atoms with E-state index < -0.39 is 6.29 Å². The Morgan fingerprint density at radius 2 is 2.09 bits per heavy atom. The van der Waals surface area contributed by atoms with Crippen LogP contribution in [0, 0.1) is 0 Å². The number of aromatic nitrogens is 1. The van der Waals surface area contributed by atoms with Crippen molar-refractivity contribution in [2.75, 3.05) is 6.26 Å². The van der Waals surface area contributed by atoms with Gasteiger partial charge < -0.3 is 14.0 Å². The van der Waals surface area contributed by atoms with Gasteiger partial charge in [0.15, 0.2) is 23.0 Å². The molecular weight excluding hydrogens is 328 g/mol. The number of carbonyl (C=O) groups excluding carboxylic acids is 1. The molecule has 0 spiro atoms. The van der Waals surface area contributed by atoms with Gasteiger partial charge in [0.25, 0.3) is 0 Å². The number of ketones is 1. The topological polar surface area (TPSA) is 61.6 Å². The smallest absolute Gasteiger partial charge is 0.395 e. The van der Waals surface area contributed by atoms with E-state index >= 15 is 0 Å². The van der Waals surface area contributed by atoms with Crippen molar-refractivity contribution in [3.63, 3.8) is 0 Å². The van der Waals surface area contributed by atoms with Crippen molar-refractivity contribution in [1.29, 1.82) is 0 Å². The molecule has 0 N–H and O–H groups in total. The summed E-state index contributed by atoms with van der Waals surface area (Å²) < 4.78 is 40.7. The first-order valence-electron chi connectivity index (χ1n) is 6.96. The number of alkyl halides is 2. The maximum atomic E-state index is 13.3. The Labute approximate surface area is 133 Å². The van der Waals surface area contributed by atoms with Gasteiger partial charge in [-0.2, -0.15) is 0 Å². The monoisotopic (exact) mass is 339 g/mol. The summed E-state index contributed by atoms with van der Waals surface area (Å²) in [6.07, 6.45) is 1.25. The summed E-state index contributed by atoms with van der Waals surface area (Å²) in [5.74, 6) is 0.262. The molecule has 8 heteroatoms. The second kappa shape index (κ2) is 4.95. The molecule has 5 nitrogen and oxygen atoms in total. The summed E-state index contributed by atoms with van der Waals surface area (Å²) in [7, 11) is 0. The lowest BCUT2D eigenvalue weighted by molar-refractivity contribution is -0.287. The van der Waals surface area contributed by atoms with Crippen molar-refractivity contribution in [3.8, 4) is 11.5 Å². The third-order valence-electron chi connectivity index (χ3n) is 3.77. The molecule has 1 aromatic heterocycles. The van der Waals surface area contributed by atoms with Crippen LogP contribution in [-0.4, -0.2) is 23.5 Å². The van der Waals surface area contributed by atoms with Crippen LogP contribution in [0.15, 0.2) is 27.7 Å². The van der Waals surface area contributed by atoms with Crippen LogP contribution >= 0.6 is 11.8 Å². The molecular formula is C15H11F2NO4S. The van der Waals surface area contributed by atoms with Crippen molar-refractivity contribution in [2.45, 2.75) is 29.9 Å². The van der Waals surface area contributed by atoms with E-state index in [9.17, 15) is 13.6 Å². The summed E-state index contributed by atoms with van der Waals surface area (Å²) >= 11 is 1.15. The molecule has 1 saturated carbocycles. The van der Waals surface area contributed by atoms with E-state index in [2.05, 4.69) is 14.6 Å². The van der Waals surface area contributed by atoms with Crippen molar-refractivity contribution in [2.24, 2.45) is 0 Å². The van der Waals surface area contributed by atoms with Gasteiger partial charge in [0.2, 0.25) is 0 Å². The highest BCUT2D eigenvalue weighted by atomic mass is 32.2. The van der Waals surface area contributed by atoms with Crippen molar-refractivity contribution >= 4 is 17.5 Å². The van der Waals surface area contributed by atoms with Crippen molar-refractivity contribution < 1.29 is 27.6 Å². The number of halogens is 2. The Balaban J connectivity index is 1.78. The third kappa shape index (κ3) is 2.37. The van der Waals surface area contributed by atoms with Gasteiger partial charge in [-0.1, -0.05) is 5.16 Å². The summed E-state index contributed by atoms with van der Waals surface area (Å²) in [4.78, 5) is 13.1. The van der Waals surface area contributed by atoms with E-state index in [1.165, 1.54) is 18.3 Å². The van der Waals surface area contributed by atoms with Crippen LogP contribution in [0.4, 0.5) is 8.78 Å². The molecule has 23 heavy (non-hydrogen) atoms. The Morgan fingerprint density at radius 3 is 2.78 bits per heavy atom. The fraction of sp³-hybridized carbons (Fsp3) is 0.333. The molecule has 2 aromatic rings. The van der Waals surface area contributed by atoms with E-state index in [0.29, 0.717) is 16.2 Å². The summed E-state index contributed by atoms with van der Waals surface area (Å²) in [6.45, 7) is 0. The Hall–Kier alpha value is -2.09. The van der Waals surface area contributed by atoms with Gasteiger partial charge in [0.1, 0.15) is 0 Å². The number of fused-ring (bicyclic) bond motifs is 1. The zero-order valence-electron chi connectivity index (χ0n) is 12.0. The molecule has 0 bridgehead atoms. The first-order valence-corrected chi connectivity index (χ1v) is 8.19. The van der Waals surface area contributed by atoms with Crippen LogP contribution < -0.4 is 9.47 Å². The zero-order chi connectivity index (χ0) is 16.2. The van der Waals surface area contributed by atoms with Crippen LogP contribution in [0.2, 0.25) is 0 Å². The fourth-order valence-electron chi connectivity index (χ4n) is 2.57. The van der Waals surface area contributed by atoms with Crippen LogP contribution in [-0.2, 0) is 0 Å². The zero-order valence-corrected chi connectivity index (χ0v) is 12.8. The molecule has 4 rings (SSSR count). The van der Waals surface area contributed by atoms with E-state index in [1.54, 1.807) is 6.26 Å². The molecule has 0 radical (unpaired) electrons. The normalized spacial score (nSPS) is 18.2. The first-order chi connectivity index (χ1) is 11.0. The van der Waals surface area contributed by atoms with Gasteiger partial charge in [-0.25, -0.2) is 0 Å². The van der Waals surface area contributed by atoms with Crippen LogP contribution in [0.3, 0.4) is 0 Å². The van der Waals surface area contributed by atoms with E-state index in [4.69, 9.17) is 4.52 Å². The molecule has 2 aliphatic rings. The number of hydrogen-bond donors (Lipinski definition) is 0. The highest BCUT2D eigenvalue weighted by Gasteiger charge is 2.45. The maximum absolute atomic E-state index is 13.3. The predicted octanol–water partition coefficient (Wildman–Crippen LogP) is 3.83. The highest BCUT2D eigenvalue weighted by molar-refractivity contribution is 7.98. The lowest BCUT2D eigenvalue weighted by Crippen LogP contribution is -2.26. The Morgan fingerprint density at radius 1 is 1.30 bits per heavy atom. The molecule has 0 unspecified atom stereocenters. The number of carbonyl (C=O) groups is 1. The van der Waals surface area contributed by atoms with Crippen LogP contribution in [0.1, 0.15) is 40.4 Å². The molecule has 0 saturated heterocycles. The molecule has 1 aliphatic heterocycles. The minimum atomic E-state index is -3.72. The van der Waals surface area contributed by atoms with Gasteiger partial charge >= 0.3 is 6.29 Å². The summed E-state index contributed by atoms with van der Waals surface area (Å²) in [6, 6.07) is 2.77. The number of benzene rings is 1. The van der Waals surface area contributed by atoms with E-state index in [-0.39, 0.29) is 28.8 Å². The number of ether oxygens (including phenoxy) is 2. The Kier molecular flexibility index (Phi) is 3.12. The van der Waals surface area contributed by atoms with Crippen molar-refractivity contribution in [3.05, 3.63) is 35.2 Å². The van der Waals surface area contributed by atoms with Gasteiger partial charge in [-0.3, -0.25) is 4.79 Å². The molecule has 1 aromatic carbocycles. The fourth-order valence-corrected chi connectivity index (χ4v) is 3.28. The van der Waals surface area contributed by atoms with Gasteiger partial charge in [0.05, 0.1) is 16.7 Å². The number of thioether (sulfide) groups is 1. The van der Waals surface area contributed by atoms with Crippen molar-refractivity contribution in [1.82, 2.24) is 5.16 Å². The lowest BCUT2D eigenvalue weighted by Gasteiger charge is -2.09. The minimum Gasteiger partial charge on any atom is -0.395 e. The SMILES string of the molecule is CSc1c(C(=O)c2cnoc2C2CC2)ccc2c1OC(F)(F)O2. The van der Waals surface area contributed by atoms with Crippen LogP contribution in [0.25, 0.3) is 0 Å². The predicted molar refractivity (Wildman–Crippen MR) is 76.3 cm³/mol. The average Bonchev–Trinajstić information content (AvgIpc) is 3.14. The minimum absolute atomic E-state index is 0.0800. The number of hydrogen-bond acceptors (Lipinski definition) is 6. The lowest BCUT2D eigenvalue weighted by atomic mass is 10.0. The van der Waals surface area contributed by atoms with Gasteiger partial charge in [-0.05, 0) is 31.2 Å². The van der Waals surface area contributed by atoms with Gasteiger partial charge in [0, 0.05) is 11.5 Å². The molecule has 0 atom stereocenters. The first kappa shape index (κ1) is 14.5. The molecule has 120 valence electrons.